The summed E-state index contributed by atoms with van der Waals surface area (Å²) >= 11 is 2.74. The van der Waals surface area contributed by atoms with Gasteiger partial charge in [0, 0.05) is 11.3 Å². The van der Waals surface area contributed by atoms with Gasteiger partial charge in [-0.25, -0.2) is 0 Å². The van der Waals surface area contributed by atoms with E-state index in [1.54, 1.807) is 24.3 Å². The molecule has 0 saturated carbocycles. The molecule has 0 bridgehead atoms. The van der Waals surface area contributed by atoms with Gasteiger partial charge in [-0.05, 0) is 66.4 Å². The number of ether oxygens (including phenoxy) is 2. The van der Waals surface area contributed by atoms with Gasteiger partial charge < -0.3 is 14.6 Å². The van der Waals surface area contributed by atoms with E-state index >= 15 is 0 Å². The van der Waals surface area contributed by atoms with Crippen LogP contribution in [0.2, 0.25) is 0 Å². The number of carbonyl (C=O) groups excluding carboxylic acids is 2. The minimum absolute atomic E-state index is 0.0261. The number of carbonyl (C=O) groups is 2. The molecule has 1 aliphatic rings. The molecule has 0 spiro atoms. The summed E-state index contributed by atoms with van der Waals surface area (Å²) in [4.78, 5) is 28.7. The Morgan fingerprint density at radius 1 is 0.875 bits per heavy atom. The molecule has 0 radical (unpaired) electrons. The zero-order chi connectivity index (χ0) is 33.5. The van der Waals surface area contributed by atoms with Gasteiger partial charge in [-0.1, -0.05) is 109 Å². The number of aromatic nitrogens is 2. The third kappa shape index (κ3) is 7.61. The monoisotopic (exact) mass is 677 g/mol. The number of thioether (sulfide) groups is 1. The first-order valence-corrected chi connectivity index (χ1v) is 17.5. The lowest BCUT2D eigenvalue weighted by atomic mass is 9.95. The fourth-order valence-corrected chi connectivity index (χ4v) is 7.16. The molecular weight excluding hydrogens is 643 g/mol. The Kier molecular flexibility index (Phi) is 10.5. The highest BCUT2D eigenvalue weighted by Crippen LogP contribution is 2.44. The molecule has 8 nitrogen and oxygen atoms in total. The first-order chi connectivity index (χ1) is 23.4. The maximum absolute atomic E-state index is 13.7. The maximum Gasteiger partial charge on any atom is 0.301 e. The van der Waals surface area contributed by atoms with Crippen LogP contribution in [0, 0.1) is 6.92 Å². The van der Waals surface area contributed by atoms with Gasteiger partial charge in [-0.2, -0.15) is 0 Å². The van der Waals surface area contributed by atoms with Crippen molar-refractivity contribution >= 4 is 45.7 Å². The Labute approximate surface area is 288 Å². The van der Waals surface area contributed by atoms with Gasteiger partial charge in [0.25, 0.3) is 5.78 Å². The van der Waals surface area contributed by atoms with E-state index in [2.05, 4.69) is 23.2 Å². The number of benzene rings is 4. The van der Waals surface area contributed by atoms with Crippen molar-refractivity contribution in [3.8, 4) is 11.5 Å². The fraction of sp³-hybridized carbons (Fsp3) is 0.211. The van der Waals surface area contributed by atoms with Crippen LogP contribution in [-0.4, -0.2) is 33.6 Å². The number of nitrogens with zero attached hydrogens (tertiary/aromatic N) is 3. The minimum atomic E-state index is -0.924. The van der Waals surface area contributed by atoms with Crippen molar-refractivity contribution in [1.82, 2.24) is 10.2 Å². The van der Waals surface area contributed by atoms with Crippen molar-refractivity contribution in [2.24, 2.45) is 0 Å². The number of aliphatic hydroxyl groups is 1. The molecule has 1 aliphatic heterocycles. The number of ketones is 1. The van der Waals surface area contributed by atoms with Crippen molar-refractivity contribution in [2.45, 2.75) is 49.4 Å². The third-order valence-electron chi connectivity index (χ3n) is 7.83. The molecule has 6 rings (SSSR count). The second kappa shape index (κ2) is 15.3. The van der Waals surface area contributed by atoms with Crippen LogP contribution in [0.15, 0.2) is 113 Å². The van der Waals surface area contributed by atoms with E-state index in [1.807, 2.05) is 79.7 Å². The number of aliphatic hydroxyl groups excluding tert-OH is 1. The number of hydrogen-bond donors (Lipinski definition) is 1. The largest absolute Gasteiger partial charge is 0.507 e. The second-order valence-electron chi connectivity index (χ2n) is 11.4. The Hall–Kier alpha value is -4.93. The molecule has 1 amide bonds. The number of unbranched alkanes of at least 4 members (excludes halogenated alkanes) is 1. The van der Waals surface area contributed by atoms with Crippen molar-refractivity contribution in [1.29, 1.82) is 0 Å². The number of aryl methyl sites for hydroxylation is 1. The van der Waals surface area contributed by atoms with Gasteiger partial charge in [0.05, 0.1) is 18.2 Å². The van der Waals surface area contributed by atoms with Crippen LogP contribution in [0.25, 0.3) is 5.76 Å². The molecule has 1 fully saturated rings. The zero-order valence-corrected chi connectivity index (χ0v) is 28.3. The van der Waals surface area contributed by atoms with Crippen LogP contribution < -0.4 is 14.4 Å². The number of hydrogen-bond acceptors (Lipinski definition) is 9. The smallest absolute Gasteiger partial charge is 0.301 e. The summed E-state index contributed by atoms with van der Waals surface area (Å²) in [6.07, 6.45) is 1.94. The molecule has 1 aromatic heterocycles. The summed E-state index contributed by atoms with van der Waals surface area (Å²) in [7, 11) is 0. The van der Waals surface area contributed by atoms with Crippen LogP contribution in [0.5, 0.6) is 11.5 Å². The molecule has 48 heavy (non-hydrogen) atoms. The van der Waals surface area contributed by atoms with Gasteiger partial charge >= 0.3 is 5.91 Å². The van der Waals surface area contributed by atoms with Crippen LogP contribution in [-0.2, 0) is 21.9 Å². The van der Waals surface area contributed by atoms with E-state index in [0.717, 1.165) is 29.5 Å². The van der Waals surface area contributed by atoms with E-state index in [-0.39, 0.29) is 16.5 Å². The van der Waals surface area contributed by atoms with Gasteiger partial charge in [0.1, 0.15) is 23.9 Å². The Balaban J connectivity index is 1.30. The van der Waals surface area contributed by atoms with Crippen molar-refractivity contribution < 1.29 is 24.2 Å². The van der Waals surface area contributed by atoms with E-state index in [1.165, 1.54) is 28.0 Å². The van der Waals surface area contributed by atoms with E-state index < -0.39 is 17.7 Å². The molecule has 10 heteroatoms. The lowest BCUT2D eigenvalue weighted by Crippen LogP contribution is -2.29. The maximum atomic E-state index is 13.7. The number of amides is 1. The average molecular weight is 678 g/mol. The predicted octanol–water partition coefficient (Wildman–Crippen LogP) is 8.52. The Morgan fingerprint density at radius 3 is 2.31 bits per heavy atom. The first kappa shape index (κ1) is 33.0. The molecule has 5 aromatic rings. The second-order valence-corrected chi connectivity index (χ2v) is 13.5. The van der Waals surface area contributed by atoms with Crippen molar-refractivity contribution in [3.63, 3.8) is 0 Å². The summed E-state index contributed by atoms with van der Waals surface area (Å²) in [5.41, 5.74) is 4.32. The molecule has 1 atom stereocenters. The van der Waals surface area contributed by atoms with E-state index in [0.29, 0.717) is 45.9 Å². The van der Waals surface area contributed by atoms with Gasteiger partial charge in [-0.3, -0.25) is 14.5 Å². The van der Waals surface area contributed by atoms with E-state index in [9.17, 15) is 14.7 Å². The van der Waals surface area contributed by atoms with Crippen LogP contribution in [0.4, 0.5) is 5.13 Å². The molecule has 4 aromatic carbocycles. The molecule has 1 N–H and O–H groups in total. The molecule has 1 saturated heterocycles. The Morgan fingerprint density at radius 2 is 1.58 bits per heavy atom. The number of anilines is 1. The lowest BCUT2D eigenvalue weighted by molar-refractivity contribution is -0.132. The van der Waals surface area contributed by atoms with Crippen LogP contribution in [0.1, 0.15) is 53.6 Å². The van der Waals surface area contributed by atoms with Crippen LogP contribution in [0.3, 0.4) is 0 Å². The average Bonchev–Trinajstić information content (AvgIpc) is 3.68. The first-order valence-electron chi connectivity index (χ1n) is 15.7. The summed E-state index contributed by atoms with van der Waals surface area (Å²) in [6.45, 7) is 5.11. The summed E-state index contributed by atoms with van der Waals surface area (Å²) < 4.78 is 12.5. The normalized spacial score (nSPS) is 15.5. The standard InChI is InChI=1S/C38H35N3O5S2/c1-3-4-21-45-30-17-13-28(14-18-30)33-32(34(42)29-15-19-31(20-16-29)46-23-27-12-8-9-25(2)22-27)35(43)36(44)41(33)37-39-40-38(48-37)47-24-26-10-6-5-7-11-26/h5-20,22,33,42H,3-4,21,23-24H2,1-2H3/b34-32+. The molecule has 2 heterocycles. The topological polar surface area (TPSA) is 102 Å². The summed E-state index contributed by atoms with van der Waals surface area (Å²) in [5.74, 6) is 0.117. The van der Waals surface area contributed by atoms with Crippen LogP contribution >= 0.6 is 23.1 Å². The molecule has 244 valence electrons. The highest BCUT2D eigenvalue weighted by molar-refractivity contribution is 8.00. The SMILES string of the molecule is CCCCOc1ccc(C2/C(=C(\O)c3ccc(OCc4cccc(C)c4)cc3)C(=O)C(=O)N2c2nnc(SCc3ccccc3)s2)cc1. The van der Waals surface area contributed by atoms with Gasteiger partial charge in [0.2, 0.25) is 5.13 Å². The number of rotatable bonds is 13. The minimum Gasteiger partial charge on any atom is -0.507 e. The van der Waals surface area contributed by atoms with Gasteiger partial charge in [0.15, 0.2) is 4.34 Å². The summed E-state index contributed by atoms with van der Waals surface area (Å²) in [5, 5.41) is 20.5. The molecule has 0 aliphatic carbocycles. The van der Waals surface area contributed by atoms with Gasteiger partial charge in [-0.15, -0.1) is 10.2 Å². The highest BCUT2D eigenvalue weighted by atomic mass is 32.2. The lowest BCUT2D eigenvalue weighted by Gasteiger charge is -2.22. The quantitative estimate of drug-likeness (QED) is 0.0331. The number of Topliss-reactive ketones (excluding diaryl/α,β-unsaturated/α-hetero) is 1. The zero-order valence-electron chi connectivity index (χ0n) is 26.7. The Bertz CT molecular complexity index is 1910. The predicted molar refractivity (Wildman–Crippen MR) is 189 cm³/mol. The summed E-state index contributed by atoms with van der Waals surface area (Å²) in [6, 6.07) is 31.2. The third-order valence-corrected chi connectivity index (χ3v) is 9.96. The molecule has 1 unspecified atom stereocenters. The van der Waals surface area contributed by atoms with E-state index in [4.69, 9.17) is 9.47 Å². The van der Waals surface area contributed by atoms with Crippen molar-refractivity contribution in [2.75, 3.05) is 11.5 Å². The highest BCUT2D eigenvalue weighted by Gasteiger charge is 2.48. The van der Waals surface area contributed by atoms with Crippen molar-refractivity contribution in [3.05, 3.63) is 137 Å². The fourth-order valence-electron chi connectivity index (χ4n) is 5.34. The molecular formula is C38H35N3O5S2.